The van der Waals surface area contributed by atoms with Crippen molar-refractivity contribution in [2.45, 2.75) is 31.9 Å². The van der Waals surface area contributed by atoms with Gasteiger partial charge in [-0.2, -0.15) is 0 Å². The van der Waals surface area contributed by atoms with E-state index >= 15 is 0 Å². The summed E-state index contributed by atoms with van der Waals surface area (Å²) in [4.78, 5) is 0. The van der Waals surface area contributed by atoms with Crippen LogP contribution >= 0.6 is 0 Å². The second-order valence-corrected chi connectivity index (χ2v) is 5.40. The molecule has 1 saturated carbocycles. The molecule has 1 aliphatic rings. The number of rotatable bonds is 5. The van der Waals surface area contributed by atoms with Crippen LogP contribution in [0, 0.1) is 6.92 Å². The molecule has 2 aromatic carbocycles. The molecule has 3 heteroatoms. The zero-order chi connectivity index (χ0) is 13.9. The minimum atomic E-state index is -0.0161. The van der Waals surface area contributed by atoms with E-state index < -0.39 is 0 Å². The van der Waals surface area contributed by atoms with E-state index in [-0.39, 0.29) is 6.04 Å². The van der Waals surface area contributed by atoms with Crippen molar-refractivity contribution in [2.24, 2.45) is 5.84 Å². The number of nitrogens with two attached hydrogens (primary N) is 1. The minimum Gasteiger partial charge on any atom is -0.490 e. The Morgan fingerprint density at radius 2 is 1.80 bits per heavy atom. The van der Waals surface area contributed by atoms with Gasteiger partial charge in [-0.15, -0.1) is 0 Å². The standard InChI is InChI=1S/C17H20N2O/c1-12-4-2-5-13(10-12)17(19-18)14-6-3-7-16(11-14)20-15-8-9-15/h2-7,10-11,15,17,19H,8-9,18H2,1H3. The van der Waals surface area contributed by atoms with Crippen molar-refractivity contribution < 1.29 is 4.74 Å². The van der Waals surface area contributed by atoms with Gasteiger partial charge in [-0.3, -0.25) is 5.84 Å². The maximum Gasteiger partial charge on any atom is 0.120 e. The maximum atomic E-state index is 5.85. The van der Waals surface area contributed by atoms with Crippen molar-refractivity contribution in [3.05, 3.63) is 65.2 Å². The average molecular weight is 268 g/mol. The molecule has 104 valence electrons. The van der Waals surface area contributed by atoms with E-state index in [1.165, 1.54) is 18.4 Å². The van der Waals surface area contributed by atoms with Crippen LogP contribution in [0.5, 0.6) is 5.75 Å². The van der Waals surface area contributed by atoms with Gasteiger partial charge >= 0.3 is 0 Å². The van der Waals surface area contributed by atoms with Crippen LogP contribution in [0.15, 0.2) is 48.5 Å². The summed E-state index contributed by atoms with van der Waals surface area (Å²) < 4.78 is 5.85. The molecular formula is C17H20N2O. The summed E-state index contributed by atoms with van der Waals surface area (Å²) >= 11 is 0. The molecule has 0 spiro atoms. The number of nitrogens with one attached hydrogen (secondary N) is 1. The number of ether oxygens (including phenoxy) is 1. The van der Waals surface area contributed by atoms with Crippen molar-refractivity contribution in [1.82, 2.24) is 5.43 Å². The molecule has 0 bridgehead atoms. The number of hydrogen-bond donors (Lipinski definition) is 2. The molecule has 1 atom stereocenters. The van der Waals surface area contributed by atoms with Crippen molar-refractivity contribution >= 4 is 0 Å². The van der Waals surface area contributed by atoms with Crippen molar-refractivity contribution in [3.63, 3.8) is 0 Å². The lowest BCUT2D eigenvalue weighted by molar-refractivity contribution is 0.302. The molecule has 1 fully saturated rings. The van der Waals surface area contributed by atoms with Gasteiger partial charge < -0.3 is 4.74 Å². The molecule has 0 heterocycles. The van der Waals surface area contributed by atoms with Gasteiger partial charge in [-0.25, -0.2) is 5.43 Å². The van der Waals surface area contributed by atoms with Crippen LogP contribution in [0.2, 0.25) is 0 Å². The highest BCUT2D eigenvalue weighted by atomic mass is 16.5. The zero-order valence-corrected chi connectivity index (χ0v) is 11.7. The molecule has 0 saturated heterocycles. The van der Waals surface area contributed by atoms with Crippen molar-refractivity contribution in [3.8, 4) is 5.75 Å². The highest BCUT2D eigenvalue weighted by Crippen LogP contribution is 2.29. The Kier molecular flexibility index (Phi) is 3.72. The van der Waals surface area contributed by atoms with Crippen LogP contribution in [0.3, 0.4) is 0 Å². The van der Waals surface area contributed by atoms with Crippen LogP contribution in [-0.2, 0) is 0 Å². The van der Waals surface area contributed by atoms with Gasteiger partial charge in [0.1, 0.15) is 5.75 Å². The summed E-state index contributed by atoms with van der Waals surface area (Å²) in [5, 5.41) is 0. The van der Waals surface area contributed by atoms with Crippen LogP contribution in [0.25, 0.3) is 0 Å². The van der Waals surface area contributed by atoms with E-state index in [1.807, 2.05) is 12.1 Å². The fourth-order valence-corrected chi connectivity index (χ4v) is 2.38. The molecule has 20 heavy (non-hydrogen) atoms. The number of aryl methyl sites for hydroxylation is 1. The summed E-state index contributed by atoms with van der Waals surface area (Å²) in [5.41, 5.74) is 6.42. The van der Waals surface area contributed by atoms with Gasteiger partial charge in [0.05, 0.1) is 12.1 Å². The first-order valence-electron chi connectivity index (χ1n) is 7.05. The van der Waals surface area contributed by atoms with E-state index in [1.54, 1.807) is 0 Å². The Morgan fingerprint density at radius 1 is 1.10 bits per heavy atom. The number of hydrazine groups is 1. The molecule has 2 aromatic rings. The lowest BCUT2D eigenvalue weighted by Gasteiger charge is -2.18. The van der Waals surface area contributed by atoms with E-state index in [0.717, 1.165) is 16.9 Å². The molecule has 0 amide bonds. The topological polar surface area (TPSA) is 47.3 Å². The second-order valence-electron chi connectivity index (χ2n) is 5.40. The normalized spacial score (nSPS) is 15.9. The summed E-state index contributed by atoms with van der Waals surface area (Å²) in [6, 6.07) is 16.5. The average Bonchev–Trinajstić information content (AvgIpc) is 3.24. The van der Waals surface area contributed by atoms with Crippen molar-refractivity contribution in [1.29, 1.82) is 0 Å². The zero-order valence-electron chi connectivity index (χ0n) is 11.7. The van der Waals surface area contributed by atoms with Crippen LogP contribution in [0.4, 0.5) is 0 Å². The fourth-order valence-electron chi connectivity index (χ4n) is 2.38. The van der Waals surface area contributed by atoms with E-state index in [4.69, 9.17) is 10.6 Å². The molecule has 1 aliphatic carbocycles. The third-order valence-electron chi connectivity index (χ3n) is 3.56. The van der Waals surface area contributed by atoms with Crippen LogP contribution in [-0.4, -0.2) is 6.10 Å². The molecule has 1 unspecified atom stereocenters. The summed E-state index contributed by atoms with van der Waals surface area (Å²) in [5.74, 6) is 6.69. The van der Waals surface area contributed by atoms with Gasteiger partial charge in [0.15, 0.2) is 0 Å². The van der Waals surface area contributed by atoms with Crippen LogP contribution < -0.4 is 16.0 Å². The molecule has 0 radical (unpaired) electrons. The third kappa shape index (κ3) is 3.00. The van der Waals surface area contributed by atoms with E-state index in [2.05, 4.69) is 48.7 Å². The number of benzene rings is 2. The van der Waals surface area contributed by atoms with Gasteiger partial charge in [0.25, 0.3) is 0 Å². The Hall–Kier alpha value is -1.84. The maximum absolute atomic E-state index is 5.85. The molecule has 3 nitrogen and oxygen atoms in total. The monoisotopic (exact) mass is 268 g/mol. The van der Waals surface area contributed by atoms with E-state index in [0.29, 0.717) is 6.10 Å². The Morgan fingerprint density at radius 3 is 2.45 bits per heavy atom. The Bertz CT molecular complexity index is 593. The SMILES string of the molecule is Cc1cccc(C(NN)c2cccc(OC3CC3)c2)c1. The molecule has 0 aliphatic heterocycles. The number of hydrogen-bond acceptors (Lipinski definition) is 3. The summed E-state index contributed by atoms with van der Waals surface area (Å²) in [6.07, 6.45) is 2.75. The largest absolute Gasteiger partial charge is 0.490 e. The quantitative estimate of drug-likeness (QED) is 0.647. The predicted octanol–water partition coefficient (Wildman–Crippen LogP) is 3.09. The van der Waals surface area contributed by atoms with Gasteiger partial charge in [0, 0.05) is 0 Å². The lowest BCUT2D eigenvalue weighted by atomic mass is 9.98. The second kappa shape index (κ2) is 5.65. The Labute approximate surface area is 119 Å². The molecule has 0 aromatic heterocycles. The van der Waals surface area contributed by atoms with Crippen molar-refractivity contribution in [2.75, 3.05) is 0 Å². The summed E-state index contributed by atoms with van der Waals surface area (Å²) in [6.45, 7) is 2.09. The molecule has 3 rings (SSSR count). The highest BCUT2D eigenvalue weighted by Gasteiger charge is 2.23. The highest BCUT2D eigenvalue weighted by molar-refractivity contribution is 5.38. The first-order valence-corrected chi connectivity index (χ1v) is 7.05. The third-order valence-corrected chi connectivity index (χ3v) is 3.56. The smallest absolute Gasteiger partial charge is 0.120 e. The molecule has 3 N–H and O–H groups in total. The lowest BCUT2D eigenvalue weighted by Crippen LogP contribution is -2.28. The first kappa shape index (κ1) is 13.2. The Balaban J connectivity index is 1.88. The van der Waals surface area contributed by atoms with Gasteiger partial charge in [-0.05, 0) is 43.0 Å². The fraction of sp³-hybridized carbons (Fsp3) is 0.294. The first-order chi connectivity index (χ1) is 9.76. The van der Waals surface area contributed by atoms with Crippen LogP contribution in [0.1, 0.15) is 35.6 Å². The van der Waals surface area contributed by atoms with Gasteiger partial charge in [0.2, 0.25) is 0 Å². The molecular weight excluding hydrogens is 248 g/mol. The van der Waals surface area contributed by atoms with Gasteiger partial charge in [-0.1, -0.05) is 42.0 Å². The summed E-state index contributed by atoms with van der Waals surface area (Å²) in [7, 11) is 0. The predicted molar refractivity (Wildman–Crippen MR) is 80.4 cm³/mol. The minimum absolute atomic E-state index is 0.0161. The van der Waals surface area contributed by atoms with E-state index in [9.17, 15) is 0 Å².